The molecule has 0 spiro atoms. The third-order valence-corrected chi connectivity index (χ3v) is 4.79. The van der Waals surface area contributed by atoms with Crippen molar-refractivity contribution >= 4 is 34.8 Å². The fourth-order valence-corrected chi connectivity index (χ4v) is 3.36. The number of ether oxygens (including phenoxy) is 3. The highest BCUT2D eigenvalue weighted by Crippen LogP contribution is 2.20. The Hall–Kier alpha value is -1.63. The fourth-order valence-electron chi connectivity index (χ4n) is 3.22. The lowest BCUT2D eigenvalue weighted by atomic mass is 9.99. The highest BCUT2D eigenvalue weighted by molar-refractivity contribution is 6.63. The zero-order valence-corrected chi connectivity index (χ0v) is 19.3. The first-order valence-electron chi connectivity index (χ1n) is 10.9. The van der Waals surface area contributed by atoms with Crippen LogP contribution in [0.15, 0.2) is 0 Å². The molecule has 0 unspecified atom stereocenters. The summed E-state index contributed by atoms with van der Waals surface area (Å²) in [5.74, 6) is -1.06. The second-order valence-corrected chi connectivity index (χ2v) is 7.92. The average Bonchev–Trinajstić information content (AvgIpc) is 2.63. The maximum Gasteiger partial charge on any atom is 0.303 e. The molecular formula is C22H37ClO7. The number of carbonyl (C=O) groups excluding carboxylic acids is 4. The second-order valence-electron chi connectivity index (χ2n) is 7.50. The van der Waals surface area contributed by atoms with E-state index in [4.69, 9.17) is 25.8 Å². The average molecular weight is 449 g/mol. The van der Waals surface area contributed by atoms with Gasteiger partial charge in [-0.15, -0.1) is 0 Å². The van der Waals surface area contributed by atoms with Gasteiger partial charge in [-0.1, -0.05) is 32.1 Å². The van der Waals surface area contributed by atoms with E-state index in [0.29, 0.717) is 25.9 Å². The molecule has 30 heavy (non-hydrogen) atoms. The Bertz CT molecular complexity index is 476. The minimum atomic E-state index is -0.464. The summed E-state index contributed by atoms with van der Waals surface area (Å²) >= 11 is 5.33. The lowest BCUT2D eigenvalue weighted by Crippen LogP contribution is -2.34. The summed E-state index contributed by atoms with van der Waals surface area (Å²) in [4.78, 5) is 44.5. The molecule has 0 saturated carbocycles. The number of carbonyl (C=O) groups is 4. The van der Waals surface area contributed by atoms with Gasteiger partial charge in [-0.25, -0.2) is 0 Å². The molecule has 0 aliphatic carbocycles. The maximum atomic E-state index is 11.5. The van der Waals surface area contributed by atoms with Gasteiger partial charge in [0, 0.05) is 27.2 Å². The highest BCUT2D eigenvalue weighted by atomic mass is 35.5. The molecule has 0 heterocycles. The summed E-state index contributed by atoms with van der Waals surface area (Å²) in [5, 5.41) is -0.305. The van der Waals surface area contributed by atoms with Crippen molar-refractivity contribution in [3.8, 4) is 0 Å². The SMILES string of the molecule is CC(=O)OCCCCCC[C@H](OC(C)=O)[C@H](CCCCCCCC(=O)Cl)OC(C)=O. The zero-order chi connectivity index (χ0) is 22.8. The first-order valence-corrected chi connectivity index (χ1v) is 11.3. The van der Waals surface area contributed by atoms with Crippen molar-refractivity contribution in [2.45, 2.75) is 110 Å². The molecule has 0 aromatic rings. The van der Waals surface area contributed by atoms with Crippen LogP contribution in [-0.4, -0.2) is 42.0 Å². The van der Waals surface area contributed by atoms with Gasteiger partial charge in [0.2, 0.25) is 5.24 Å². The van der Waals surface area contributed by atoms with Gasteiger partial charge >= 0.3 is 17.9 Å². The molecule has 174 valence electrons. The normalized spacial score (nSPS) is 12.7. The van der Waals surface area contributed by atoms with Crippen molar-refractivity contribution in [2.24, 2.45) is 0 Å². The summed E-state index contributed by atoms with van der Waals surface area (Å²) in [5.41, 5.74) is 0. The number of hydrogen-bond donors (Lipinski definition) is 0. The minimum absolute atomic E-state index is 0.276. The molecule has 8 heteroatoms. The summed E-state index contributed by atoms with van der Waals surface area (Å²) < 4.78 is 15.8. The Kier molecular flexibility index (Phi) is 17.2. The van der Waals surface area contributed by atoms with Gasteiger partial charge < -0.3 is 14.2 Å². The van der Waals surface area contributed by atoms with E-state index in [1.54, 1.807) is 0 Å². The van der Waals surface area contributed by atoms with Gasteiger partial charge in [-0.2, -0.15) is 0 Å². The molecule has 0 saturated heterocycles. The molecule has 0 amide bonds. The number of hydrogen-bond acceptors (Lipinski definition) is 7. The van der Waals surface area contributed by atoms with E-state index in [9.17, 15) is 19.2 Å². The molecule has 0 aliphatic rings. The van der Waals surface area contributed by atoms with E-state index in [2.05, 4.69) is 0 Å². The lowest BCUT2D eigenvalue weighted by Gasteiger charge is -2.26. The second kappa shape index (κ2) is 18.2. The van der Waals surface area contributed by atoms with Crippen LogP contribution in [-0.2, 0) is 33.4 Å². The maximum absolute atomic E-state index is 11.5. The van der Waals surface area contributed by atoms with Crippen LogP contribution in [0.2, 0.25) is 0 Å². The van der Waals surface area contributed by atoms with Crippen LogP contribution in [0.5, 0.6) is 0 Å². The van der Waals surface area contributed by atoms with E-state index < -0.39 is 18.2 Å². The molecule has 0 N–H and O–H groups in total. The van der Waals surface area contributed by atoms with Crippen LogP contribution in [0.4, 0.5) is 0 Å². The molecule has 0 aliphatic heterocycles. The summed E-state index contributed by atoms with van der Waals surface area (Å²) in [6, 6.07) is 0. The van der Waals surface area contributed by atoms with Crippen molar-refractivity contribution in [2.75, 3.05) is 6.61 Å². The molecule has 2 atom stereocenters. The van der Waals surface area contributed by atoms with Crippen LogP contribution < -0.4 is 0 Å². The number of rotatable bonds is 18. The van der Waals surface area contributed by atoms with Crippen molar-refractivity contribution in [3.63, 3.8) is 0 Å². The van der Waals surface area contributed by atoms with Crippen molar-refractivity contribution in [1.82, 2.24) is 0 Å². The van der Waals surface area contributed by atoms with E-state index in [1.165, 1.54) is 20.8 Å². The topological polar surface area (TPSA) is 96.0 Å². The smallest absolute Gasteiger partial charge is 0.303 e. The Labute approximate surface area is 185 Å². The predicted molar refractivity (Wildman–Crippen MR) is 114 cm³/mol. The van der Waals surface area contributed by atoms with Crippen LogP contribution in [0.25, 0.3) is 0 Å². The van der Waals surface area contributed by atoms with E-state index in [-0.39, 0.29) is 17.2 Å². The molecule has 0 aromatic carbocycles. The third-order valence-electron chi connectivity index (χ3n) is 4.60. The van der Waals surface area contributed by atoms with Crippen LogP contribution in [0.3, 0.4) is 0 Å². The summed E-state index contributed by atoms with van der Waals surface area (Å²) in [7, 11) is 0. The van der Waals surface area contributed by atoms with Gasteiger partial charge in [0.1, 0.15) is 12.2 Å². The summed E-state index contributed by atoms with van der Waals surface area (Å²) in [6.07, 6.45) is 8.60. The van der Waals surface area contributed by atoms with Gasteiger partial charge in [-0.3, -0.25) is 19.2 Å². The Morgan fingerprint density at radius 1 is 0.633 bits per heavy atom. The molecular weight excluding hydrogens is 412 g/mol. The predicted octanol–water partition coefficient (Wildman–Crippen LogP) is 4.86. The first kappa shape index (κ1) is 28.4. The number of esters is 3. The molecule has 0 fully saturated rings. The van der Waals surface area contributed by atoms with Crippen LogP contribution in [0, 0.1) is 0 Å². The van der Waals surface area contributed by atoms with Gasteiger partial charge in [0.05, 0.1) is 6.61 Å². The number of unbranched alkanes of at least 4 members (excludes halogenated alkanes) is 7. The Morgan fingerprint density at radius 2 is 1.07 bits per heavy atom. The number of halogens is 1. The lowest BCUT2D eigenvalue weighted by molar-refractivity contribution is -0.166. The minimum Gasteiger partial charge on any atom is -0.466 e. The highest BCUT2D eigenvalue weighted by Gasteiger charge is 2.26. The van der Waals surface area contributed by atoms with Crippen LogP contribution >= 0.6 is 11.6 Å². The molecule has 7 nitrogen and oxygen atoms in total. The van der Waals surface area contributed by atoms with E-state index in [1.807, 2.05) is 0 Å². The largest absolute Gasteiger partial charge is 0.466 e. The molecule has 0 aromatic heterocycles. The van der Waals surface area contributed by atoms with Gasteiger partial charge in [0.15, 0.2) is 0 Å². The Balaban J connectivity index is 4.39. The Morgan fingerprint density at radius 3 is 1.50 bits per heavy atom. The molecule has 0 radical (unpaired) electrons. The zero-order valence-electron chi connectivity index (χ0n) is 18.6. The van der Waals surface area contributed by atoms with Crippen molar-refractivity contribution in [1.29, 1.82) is 0 Å². The van der Waals surface area contributed by atoms with Crippen LogP contribution in [0.1, 0.15) is 97.8 Å². The molecule has 0 rings (SSSR count). The molecule has 0 bridgehead atoms. The van der Waals surface area contributed by atoms with E-state index in [0.717, 1.165) is 57.8 Å². The first-order chi connectivity index (χ1) is 14.2. The van der Waals surface area contributed by atoms with E-state index >= 15 is 0 Å². The van der Waals surface area contributed by atoms with Gasteiger partial charge in [0.25, 0.3) is 0 Å². The standard InChI is InChI=1S/C22H37ClO7/c1-17(24)28-16-12-8-7-10-14-21(30-19(3)26)20(29-18(2)25)13-9-5-4-6-11-15-22(23)27/h20-21H,4-16H2,1-3H3/t20-,21-/m0/s1. The third kappa shape index (κ3) is 18.4. The fraction of sp³-hybridized carbons (Fsp3) is 0.818. The summed E-state index contributed by atoms with van der Waals surface area (Å²) in [6.45, 7) is 4.52. The van der Waals surface area contributed by atoms with Gasteiger partial charge in [-0.05, 0) is 50.1 Å². The monoisotopic (exact) mass is 448 g/mol. The van der Waals surface area contributed by atoms with Crippen molar-refractivity contribution in [3.05, 3.63) is 0 Å². The quantitative estimate of drug-likeness (QED) is 0.128. The van der Waals surface area contributed by atoms with Crippen molar-refractivity contribution < 1.29 is 33.4 Å².